The Morgan fingerprint density at radius 1 is 0.966 bits per heavy atom. The summed E-state index contributed by atoms with van der Waals surface area (Å²) >= 11 is 0. The Kier molecular flexibility index (Phi) is 5.31. The van der Waals surface area contributed by atoms with E-state index in [1.165, 1.54) is 16.8 Å². The third-order valence-corrected chi connectivity index (χ3v) is 5.85. The van der Waals surface area contributed by atoms with Gasteiger partial charge in [-0.25, -0.2) is 0 Å². The summed E-state index contributed by atoms with van der Waals surface area (Å²) in [6, 6.07) is 25.1. The summed E-state index contributed by atoms with van der Waals surface area (Å²) in [6.07, 6.45) is 3.07. The molecular weight excluding hydrogens is 356 g/mol. The first-order valence-electron chi connectivity index (χ1n) is 10.5. The largest absolute Gasteiger partial charge is 0.345 e. The molecule has 150 valence electrons. The highest BCUT2D eigenvalue weighted by Gasteiger charge is 2.47. The molecule has 1 amide bonds. The molecule has 2 aromatic carbocycles. The lowest BCUT2D eigenvalue weighted by Gasteiger charge is -2.36. The highest BCUT2D eigenvalue weighted by molar-refractivity contribution is 5.83. The molecule has 3 heteroatoms. The fraction of sp³-hybridized carbons (Fsp3) is 0.346. The number of hydrogen-bond acceptors (Lipinski definition) is 1. The third kappa shape index (κ3) is 4.45. The minimum Gasteiger partial charge on any atom is -0.345 e. The topological polar surface area (TPSA) is 25.2 Å². The van der Waals surface area contributed by atoms with E-state index in [2.05, 4.69) is 97.1 Å². The Morgan fingerprint density at radius 3 is 2.28 bits per heavy atom. The van der Waals surface area contributed by atoms with Crippen LogP contribution in [0.1, 0.15) is 49.9 Å². The number of nitrogens with zero attached hydrogens (tertiary/aromatic N) is 2. The number of amides is 1. The molecule has 2 atom stereocenters. The van der Waals surface area contributed by atoms with Gasteiger partial charge in [0.25, 0.3) is 0 Å². The second-order valence-electron chi connectivity index (χ2n) is 9.07. The zero-order chi connectivity index (χ0) is 20.4. The van der Waals surface area contributed by atoms with Gasteiger partial charge in [-0.2, -0.15) is 0 Å². The highest BCUT2D eigenvalue weighted by Crippen LogP contribution is 2.49. The van der Waals surface area contributed by atoms with Gasteiger partial charge in [-0.3, -0.25) is 4.79 Å². The number of rotatable bonds is 6. The van der Waals surface area contributed by atoms with E-state index in [4.69, 9.17) is 0 Å². The van der Waals surface area contributed by atoms with Gasteiger partial charge in [0.2, 0.25) is 5.91 Å². The molecule has 0 spiro atoms. The van der Waals surface area contributed by atoms with Crippen LogP contribution in [0, 0.1) is 5.92 Å². The Morgan fingerprint density at radius 2 is 1.62 bits per heavy atom. The van der Waals surface area contributed by atoms with Crippen molar-refractivity contribution >= 4 is 5.91 Å². The highest BCUT2D eigenvalue weighted by atomic mass is 16.2. The standard InChI is InChI=1S/C26H30N2O/c1-26(2,3)28(25(29)24-17-23(24)21-13-8-5-9-14-21)19-22-15-10-16-27(22)18-20-11-6-4-7-12-20/h4-16,23-24H,17-19H2,1-3H3/t23-,24+/m0/s1. The van der Waals surface area contributed by atoms with Gasteiger partial charge < -0.3 is 9.47 Å². The smallest absolute Gasteiger partial charge is 0.227 e. The average Bonchev–Trinajstić information content (AvgIpc) is 3.40. The number of carbonyl (C=O) groups is 1. The van der Waals surface area contributed by atoms with Gasteiger partial charge in [0.1, 0.15) is 0 Å². The summed E-state index contributed by atoms with van der Waals surface area (Å²) in [5, 5.41) is 0. The van der Waals surface area contributed by atoms with Gasteiger partial charge >= 0.3 is 0 Å². The first-order chi connectivity index (χ1) is 13.9. The van der Waals surface area contributed by atoms with Crippen molar-refractivity contribution in [1.29, 1.82) is 0 Å². The summed E-state index contributed by atoms with van der Waals surface area (Å²) < 4.78 is 2.25. The van der Waals surface area contributed by atoms with E-state index in [1.54, 1.807) is 0 Å². The third-order valence-electron chi connectivity index (χ3n) is 5.85. The minimum absolute atomic E-state index is 0.106. The molecule has 0 saturated heterocycles. The molecule has 4 rings (SSSR count). The van der Waals surface area contributed by atoms with Crippen LogP contribution in [-0.4, -0.2) is 20.9 Å². The fourth-order valence-corrected chi connectivity index (χ4v) is 4.07. The number of benzene rings is 2. The van der Waals surface area contributed by atoms with Crippen LogP contribution in [0.15, 0.2) is 79.0 Å². The lowest BCUT2D eigenvalue weighted by molar-refractivity contribution is -0.138. The second kappa shape index (κ2) is 7.90. The molecule has 0 aliphatic heterocycles. The van der Waals surface area contributed by atoms with Crippen molar-refractivity contribution in [2.24, 2.45) is 5.92 Å². The van der Waals surface area contributed by atoms with Gasteiger partial charge in [-0.1, -0.05) is 60.7 Å². The molecular formula is C26H30N2O. The van der Waals surface area contributed by atoms with Crippen molar-refractivity contribution in [3.05, 3.63) is 95.8 Å². The summed E-state index contributed by atoms with van der Waals surface area (Å²) in [5.74, 6) is 0.748. The van der Waals surface area contributed by atoms with Crippen molar-refractivity contribution in [3.63, 3.8) is 0 Å². The van der Waals surface area contributed by atoms with E-state index < -0.39 is 0 Å². The number of carbonyl (C=O) groups excluding carboxylic acids is 1. The molecule has 0 radical (unpaired) electrons. The molecule has 1 aromatic heterocycles. The van der Waals surface area contributed by atoms with Crippen LogP contribution in [-0.2, 0) is 17.9 Å². The maximum atomic E-state index is 13.4. The zero-order valence-electron chi connectivity index (χ0n) is 17.6. The van der Waals surface area contributed by atoms with Crippen LogP contribution >= 0.6 is 0 Å². The van der Waals surface area contributed by atoms with E-state index >= 15 is 0 Å². The minimum atomic E-state index is -0.219. The molecule has 3 nitrogen and oxygen atoms in total. The molecule has 0 N–H and O–H groups in total. The quantitative estimate of drug-likeness (QED) is 0.552. The van der Waals surface area contributed by atoms with E-state index in [0.717, 1.165) is 13.0 Å². The maximum absolute atomic E-state index is 13.4. The SMILES string of the molecule is CC(C)(C)N(Cc1cccn1Cc1ccccc1)C(=O)[C@@H]1C[C@H]1c1ccccc1. The monoisotopic (exact) mass is 386 g/mol. The van der Waals surface area contributed by atoms with Crippen LogP contribution < -0.4 is 0 Å². The van der Waals surface area contributed by atoms with Gasteiger partial charge in [-0.05, 0) is 56.4 Å². The van der Waals surface area contributed by atoms with Crippen molar-refractivity contribution < 1.29 is 4.79 Å². The predicted molar refractivity (Wildman–Crippen MR) is 118 cm³/mol. The molecule has 1 saturated carbocycles. The maximum Gasteiger partial charge on any atom is 0.227 e. The molecule has 3 aromatic rings. The second-order valence-corrected chi connectivity index (χ2v) is 9.07. The van der Waals surface area contributed by atoms with Gasteiger partial charge in [-0.15, -0.1) is 0 Å². The van der Waals surface area contributed by atoms with E-state index in [9.17, 15) is 4.79 Å². The van der Waals surface area contributed by atoms with Crippen LogP contribution in [0.25, 0.3) is 0 Å². The lowest BCUT2D eigenvalue weighted by Crippen LogP contribution is -2.46. The van der Waals surface area contributed by atoms with E-state index in [-0.39, 0.29) is 17.4 Å². The summed E-state index contributed by atoms with van der Waals surface area (Å²) in [4.78, 5) is 15.5. The summed E-state index contributed by atoms with van der Waals surface area (Å²) in [7, 11) is 0. The predicted octanol–water partition coefficient (Wildman–Crippen LogP) is 5.47. The van der Waals surface area contributed by atoms with Crippen LogP contribution in [0.3, 0.4) is 0 Å². The Bertz CT molecular complexity index is 953. The van der Waals surface area contributed by atoms with Gasteiger partial charge in [0.15, 0.2) is 0 Å². The Balaban J connectivity index is 1.51. The molecule has 0 bridgehead atoms. The van der Waals surface area contributed by atoms with Crippen molar-refractivity contribution in [3.8, 4) is 0 Å². The first kappa shape index (κ1) is 19.5. The van der Waals surface area contributed by atoms with E-state index in [0.29, 0.717) is 12.5 Å². The first-order valence-corrected chi connectivity index (χ1v) is 10.5. The van der Waals surface area contributed by atoms with Crippen molar-refractivity contribution in [1.82, 2.24) is 9.47 Å². The lowest BCUT2D eigenvalue weighted by atomic mass is 10.0. The normalized spacial score (nSPS) is 18.4. The molecule has 0 unspecified atom stereocenters. The van der Waals surface area contributed by atoms with Crippen molar-refractivity contribution in [2.45, 2.75) is 51.7 Å². The Labute approximate surface area is 174 Å². The average molecular weight is 387 g/mol. The summed E-state index contributed by atoms with van der Waals surface area (Å²) in [6.45, 7) is 7.87. The fourth-order valence-electron chi connectivity index (χ4n) is 4.07. The Hall–Kier alpha value is -2.81. The number of aromatic nitrogens is 1. The molecule has 1 aliphatic rings. The van der Waals surface area contributed by atoms with Gasteiger partial charge in [0, 0.05) is 29.9 Å². The summed E-state index contributed by atoms with van der Waals surface area (Å²) in [5.41, 5.74) is 3.51. The zero-order valence-corrected chi connectivity index (χ0v) is 17.6. The van der Waals surface area contributed by atoms with Crippen LogP contribution in [0.4, 0.5) is 0 Å². The molecule has 1 fully saturated rings. The molecule has 29 heavy (non-hydrogen) atoms. The van der Waals surface area contributed by atoms with Crippen LogP contribution in [0.5, 0.6) is 0 Å². The molecule has 1 heterocycles. The molecule has 1 aliphatic carbocycles. The van der Waals surface area contributed by atoms with Crippen LogP contribution in [0.2, 0.25) is 0 Å². The van der Waals surface area contributed by atoms with E-state index in [1.807, 2.05) is 12.1 Å². The van der Waals surface area contributed by atoms with Crippen molar-refractivity contribution in [2.75, 3.05) is 0 Å². The van der Waals surface area contributed by atoms with Gasteiger partial charge in [0.05, 0.1) is 6.54 Å². The number of hydrogen-bond donors (Lipinski definition) is 0.